The molecule has 3 rings (SSSR count). The molecule has 0 atom stereocenters. The van der Waals surface area contributed by atoms with E-state index in [4.69, 9.17) is 4.42 Å². The quantitative estimate of drug-likeness (QED) is 0.831. The van der Waals surface area contributed by atoms with Crippen molar-refractivity contribution < 1.29 is 4.42 Å². The number of aromatic amines is 1. The lowest BCUT2D eigenvalue weighted by molar-refractivity contribution is 0.233. The third-order valence-corrected chi connectivity index (χ3v) is 3.13. The van der Waals surface area contributed by atoms with Crippen molar-refractivity contribution in [3.05, 3.63) is 30.4 Å². The maximum absolute atomic E-state index is 5.11. The second-order valence-electron chi connectivity index (χ2n) is 4.31. The topological polar surface area (TPSA) is 57.1 Å². The van der Waals surface area contributed by atoms with Gasteiger partial charge in [-0.1, -0.05) is 0 Å². The SMILES string of the molecule is c1cc(-c2[nH]ncc2CN2CCNCC2)co1. The minimum atomic E-state index is 0.943. The Morgan fingerprint density at radius 1 is 1.35 bits per heavy atom. The third-order valence-electron chi connectivity index (χ3n) is 3.13. The van der Waals surface area contributed by atoms with Crippen molar-refractivity contribution in [2.45, 2.75) is 6.54 Å². The maximum Gasteiger partial charge on any atom is 0.0996 e. The Morgan fingerprint density at radius 2 is 2.24 bits per heavy atom. The Kier molecular flexibility index (Phi) is 2.94. The Morgan fingerprint density at radius 3 is 3.00 bits per heavy atom. The lowest BCUT2D eigenvalue weighted by Gasteiger charge is -2.26. The molecule has 5 nitrogen and oxygen atoms in total. The van der Waals surface area contributed by atoms with Crippen molar-refractivity contribution in [3.63, 3.8) is 0 Å². The van der Waals surface area contributed by atoms with E-state index in [1.807, 2.05) is 12.3 Å². The minimum Gasteiger partial charge on any atom is -0.472 e. The van der Waals surface area contributed by atoms with Crippen LogP contribution in [0.2, 0.25) is 0 Å². The summed E-state index contributed by atoms with van der Waals surface area (Å²) in [6.45, 7) is 5.27. The van der Waals surface area contributed by atoms with Gasteiger partial charge in [-0.15, -0.1) is 0 Å². The van der Waals surface area contributed by atoms with Gasteiger partial charge in [0.15, 0.2) is 0 Å². The zero-order valence-corrected chi connectivity index (χ0v) is 9.65. The first-order valence-electron chi connectivity index (χ1n) is 5.91. The van der Waals surface area contributed by atoms with Crippen LogP contribution in [-0.4, -0.2) is 41.3 Å². The Balaban J connectivity index is 1.77. The molecule has 90 valence electrons. The van der Waals surface area contributed by atoms with Gasteiger partial charge >= 0.3 is 0 Å². The van der Waals surface area contributed by atoms with Crippen LogP contribution in [0, 0.1) is 0 Å². The van der Waals surface area contributed by atoms with E-state index in [-0.39, 0.29) is 0 Å². The van der Waals surface area contributed by atoms with E-state index in [2.05, 4.69) is 20.4 Å². The average Bonchev–Trinajstić information content (AvgIpc) is 3.00. The van der Waals surface area contributed by atoms with E-state index >= 15 is 0 Å². The van der Waals surface area contributed by atoms with Gasteiger partial charge in [-0.2, -0.15) is 5.10 Å². The highest BCUT2D eigenvalue weighted by Gasteiger charge is 2.14. The van der Waals surface area contributed by atoms with Crippen LogP contribution < -0.4 is 5.32 Å². The molecule has 2 aromatic rings. The predicted octanol–water partition coefficient (Wildman–Crippen LogP) is 1.07. The molecule has 0 bridgehead atoms. The molecule has 1 aliphatic rings. The van der Waals surface area contributed by atoms with Crippen LogP contribution in [0.1, 0.15) is 5.56 Å². The molecule has 17 heavy (non-hydrogen) atoms. The van der Waals surface area contributed by atoms with Crippen molar-refractivity contribution in [2.75, 3.05) is 26.2 Å². The van der Waals surface area contributed by atoms with Gasteiger partial charge in [0.05, 0.1) is 24.4 Å². The van der Waals surface area contributed by atoms with Gasteiger partial charge in [-0.25, -0.2) is 0 Å². The summed E-state index contributed by atoms with van der Waals surface area (Å²) in [6, 6.07) is 1.95. The summed E-state index contributed by atoms with van der Waals surface area (Å²) in [5.74, 6) is 0. The molecule has 0 aliphatic carbocycles. The summed E-state index contributed by atoms with van der Waals surface area (Å²) in [5.41, 5.74) is 3.36. The molecule has 0 spiro atoms. The van der Waals surface area contributed by atoms with Crippen molar-refractivity contribution >= 4 is 0 Å². The fraction of sp³-hybridized carbons (Fsp3) is 0.417. The molecule has 1 fully saturated rings. The molecule has 0 unspecified atom stereocenters. The molecule has 2 aromatic heterocycles. The minimum absolute atomic E-state index is 0.943. The summed E-state index contributed by atoms with van der Waals surface area (Å²) < 4.78 is 5.11. The number of H-pyrrole nitrogens is 1. The molecule has 1 aliphatic heterocycles. The zero-order valence-electron chi connectivity index (χ0n) is 9.65. The molecule has 5 heteroatoms. The van der Waals surface area contributed by atoms with E-state index in [1.165, 1.54) is 5.56 Å². The lowest BCUT2D eigenvalue weighted by Crippen LogP contribution is -2.42. The van der Waals surface area contributed by atoms with Gasteiger partial charge in [-0.3, -0.25) is 10.00 Å². The van der Waals surface area contributed by atoms with Crippen LogP contribution in [0.4, 0.5) is 0 Å². The van der Waals surface area contributed by atoms with Crippen LogP contribution in [0.5, 0.6) is 0 Å². The highest BCUT2D eigenvalue weighted by Crippen LogP contribution is 2.22. The van der Waals surface area contributed by atoms with Crippen molar-refractivity contribution in [1.29, 1.82) is 0 Å². The van der Waals surface area contributed by atoms with Crippen LogP contribution in [0.3, 0.4) is 0 Å². The standard InChI is InChI=1S/C12H16N4O/c1-6-17-9-10(1)12-11(7-14-15-12)8-16-4-2-13-3-5-16/h1,6-7,9,13H,2-5,8H2,(H,14,15). The molecule has 1 saturated heterocycles. The Labute approximate surface area is 99.8 Å². The summed E-state index contributed by atoms with van der Waals surface area (Å²) in [7, 11) is 0. The number of nitrogens with one attached hydrogen (secondary N) is 2. The summed E-state index contributed by atoms with van der Waals surface area (Å²) in [6.07, 6.45) is 5.34. The van der Waals surface area contributed by atoms with Crippen LogP contribution in [-0.2, 0) is 6.54 Å². The number of nitrogens with zero attached hydrogens (tertiary/aromatic N) is 2. The molecule has 0 amide bonds. The first kappa shape index (κ1) is 10.6. The molecule has 0 aromatic carbocycles. The van der Waals surface area contributed by atoms with Crippen molar-refractivity contribution in [1.82, 2.24) is 20.4 Å². The molecular weight excluding hydrogens is 216 g/mol. The maximum atomic E-state index is 5.11. The normalized spacial score (nSPS) is 17.4. The first-order chi connectivity index (χ1) is 8.43. The Hall–Kier alpha value is -1.59. The second kappa shape index (κ2) is 4.73. The molecular formula is C12H16N4O. The molecule has 2 N–H and O–H groups in total. The van der Waals surface area contributed by atoms with Crippen LogP contribution in [0.25, 0.3) is 11.3 Å². The number of rotatable bonds is 3. The smallest absolute Gasteiger partial charge is 0.0996 e. The van der Waals surface area contributed by atoms with Crippen molar-refractivity contribution in [3.8, 4) is 11.3 Å². The van der Waals surface area contributed by atoms with Crippen molar-refractivity contribution in [2.24, 2.45) is 0 Å². The second-order valence-corrected chi connectivity index (χ2v) is 4.31. The number of furan rings is 1. The number of hydrogen-bond donors (Lipinski definition) is 2. The monoisotopic (exact) mass is 232 g/mol. The summed E-state index contributed by atoms with van der Waals surface area (Å²) >= 11 is 0. The van der Waals surface area contributed by atoms with Gasteiger partial charge in [0.25, 0.3) is 0 Å². The van der Waals surface area contributed by atoms with E-state index in [0.717, 1.165) is 44.0 Å². The molecule has 0 radical (unpaired) electrons. The van der Waals surface area contributed by atoms with Gasteiger partial charge < -0.3 is 9.73 Å². The van der Waals surface area contributed by atoms with Crippen LogP contribution in [0.15, 0.2) is 29.2 Å². The first-order valence-corrected chi connectivity index (χ1v) is 5.91. The number of piperazine rings is 1. The summed E-state index contributed by atoms with van der Waals surface area (Å²) in [5, 5.41) is 10.5. The van der Waals surface area contributed by atoms with E-state index in [0.29, 0.717) is 0 Å². The highest BCUT2D eigenvalue weighted by molar-refractivity contribution is 5.60. The fourth-order valence-corrected chi connectivity index (χ4v) is 2.20. The highest BCUT2D eigenvalue weighted by atomic mass is 16.3. The van der Waals surface area contributed by atoms with E-state index in [9.17, 15) is 0 Å². The van der Waals surface area contributed by atoms with Gasteiger partial charge in [0, 0.05) is 43.9 Å². The Bertz CT molecular complexity index is 457. The zero-order chi connectivity index (χ0) is 11.5. The third kappa shape index (κ3) is 2.25. The fourth-order valence-electron chi connectivity index (χ4n) is 2.20. The van der Waals surface area contributed by atoms with Gasteiger partial charge in [0.2, 0.25) is 0 Å². The molecule has 3 heterocycles. The van der Waals surface area contributed by atoms with E-state index in [1.54, 1.807) is 12.5 Å². The summed E-state index contributed by atoms with van der Waals surface area (Å²) in [4.78, 5) is 2.44. The van der Waals surface area contributed by atoms with E-state index < -0.39 is 0 Å². The van der Waals surface area contributed by atoms with Gasteiger partial charge in [0.1, 0.15) is 0 Å². The van der Waals surface area contributed by atoms with Gasteiger partial charge in [-0.05, 0) is 6.07 Å². The largest absolute Gasteiger partial charge is 0.472 e. The number of hydrogen-bond acceptors (Lipinski definition) is 4. The number of aromatic nitrogens is 2. The predicted molar refractivity (Wildman–Crippen MR) is 64.4 cm³/mol. The van der Waals surface area contributed by atoms with Crippen LogP contribution >= 0.6 is 0 Å². The average molecular weight is 232 g/mol. The lowest BCUT2D eigenvalue weighted by atomic mass is 10.1. The molecule has 0 saturated carbocycles.